The quantitative estimate of drug-likeness (QED) is 0.675. The van der Waals surface area contributed by atoms with Crippen molar-refractivity contribution >= 4 is 22.7 Å². The van der Waals surface area contributed by atoms with Gasteiger partial charge in [-0.15, -0.1) is 6.42 Å². The van der Waals surface area contributed by atoms with Gasteiger partial charge in [0.2, 0.25) is 0 Å². The number of aromatic nitrogens is 2. The number of hydrogen-bond donors (Lipinski definition) is 1. The van der Waals surface area contributed by atoms with Gasteiger partial charge in [-0.05, 0) is 37.3 Å². The fourth-order valence-corrected chi connectivity index (χ4v) is 1.80. The molecule has 0 radical (unpaired) electrons. The molecule has 1 aromatic carbocycles. The van der Waals surface area contributed by atoms with Crippen LogP contribution in [0.15, 0.2) is 42.8 Å². The van der Waals surface area contributed by atoms with Gasteiger partial charge in [0.1, 0.15) is 6.33 Å². The highest BCUT2D eigenvalue weighted by atomic mass is 16.4. The lowest BCUT2D eigenvalue weighted by molar-refractivity contribution is 0.0697. The van der Waals surface area contributed by atoms with Crippen LogP contribution < -0.4 is 0 Å². The summed E-state index contributed by atoms with van der Waals surface area (Å²) < 4.78 is 1.86. The second-order valence-corrected chi connectivity index (χ2v) is 3.84. The van der Waals surface area contributed by atoms with E-state index < -0.39 is 5.97 Å². The summed E-state index contributed by atoms with van der Waals surface area (Å²) in [6.07, 6.45) is 12.1. The van der Waals surface area contributed by atoms with Crippen molar-refractivity contribution in [3.8, 4) is 12.3 Å². The number of carboxylic acids is 1. The van der Waals surface area contributed by atoms with Crippen LogP contribution >= 0.6 is 0 Å². The van der Waals surface area contributed by atoms with Crippen molar-refractivity contribution in [2.24, 2.45) is 0 Å². The van der Waals surface area contributed by atoms with E-state index in [-0.39, 0.29) is 5.56 Å². The number of allylic oxidation sites excluding steroid dienone is 4. The highest BCUT2D eigenvalue weighted by Gasteiger charge is 2.08. The summed E-state index contributed by atoms with van der Waals surface area (Å²) in [7, 11) is 0. The van der Waals surface area contributed by atoms with Crippen LogP contribution in [0.2, 0.25) is 0 Å². The Hall–Kier alpha value is -2.80. The second kappa shape index (κ2) is 5.23. The Morgan fingerprint density at radius 2 is 2.32 bits per heavy atom. The van der Waals surface area contributed by atoms with E-state index in [1.807, 2.05) is 17.6 Å². The van der Waals surface area contributed by atoms with Crippen molar-refractivity contribution in [1.29, 1.82) is 0 Å². The van der Waals surface area contributed by atoms with Crippen molar-refractivity contribution in [3.63, 3.8) is 0 Å². The summed E-state index contributed by atoms with van der Waals surface area (Å²) in [6, 6.07) is 4.84. The van der Waals surface area contributed by atoms with Crippen LogP contribution in [-0.2, 0) is 0 Å². The Balaban J connectivity index is 2.55. The first-order valence-corrected chi connectivity index (χ1v) is 5.67. The molecule has 1 aromatic heterocycles. The molecule has 2 aromatic rings. The third-order valence-corrected chi connectivity index (χ3v) is 2.72. The smallest absolute Gasteiger partial charge is 0.335 e. The lowest BCUT2D eigenvalue weighted by Crippen LogP contribution is -1.96. The number of carbonyl (C=O) groups is 1. The van der Waals surface area contributed by atoms with Gasteiger partial charge in [-0.3, -0.25) is 4.57 Å². The van der Waals surface area contributed by atoms with Gasteiger partial charge in [0.05, 0.1) is 16.6 Å². The zero-order chi connectivity index (χ0) is 13.8. The maximum atomic E-state index is 10.9. The molecule has 0 spiro atoms. The van der Waals surface area contributed by atoms with Gasteiger partial charge in [-0.1, -0.05) is 12.0 Å². The number of benzene rings is 1. The topological polar surface area (TPSA) is 55.1 Å². The van der Waals surface area contributed by atoms with E-state index in [2.05, 4.69) is 10.9 Å². The summed E-state index contributed by atoms with van der Waals surface area (Å²) in [5, 5.41) is 8.94. The van der Waals surface area contributed by atoms with E-state index in [1.54, 1.807) is 36.7 Å². The zero-order valence-electron chi connectivity index (χ0n) is 10.4. The van der Waals surface area contributed by atoms with Gasteiger partial charge >= 0.3 is 5.97 Å². The van der Waals surface area contributed by atoms with Gasteiger partial charge < -0.3 is 5.11 Å². The molecule has 0 bridgehead atoms. The Morgan fingerprint density at radius 3 is 2.95 bits per heavy atom. The fraction of sp³-hybridized carbons (Fsp3) is 0.0667. The summed E-state index contributed by atoms with van der Waals surface area (Å²) in [5.41, 5.74) is 2.57. The third-order valence-electron chi connectivity index (χ3n) is 2.72. The van der Waals surface area contributed by atoms with Crippen molar-refractivity contribution in [2.45, 2.75) is 6.92 Å². The molecule has 0 saturated heterocycles. The maximum Gasteiger partial charge on any atom is 0.335 e. The third kappa shape index (κ3) is 2.40. The lowest BCUT2D eigenvalue weighted by atomic mass is 10.2. The van der Waals surface area contributed by atoms with Crippen LogP contribution in [0, 0.1) is 12.3 Å². The molecule has 1 N–H and O–H groups in total. The van der Waals surface area contributed by atoms with E-state index in [1.165, 1.54) is 0 Å². The van der Waals surface area contributed by atoms with Gasteiger partial charge in [0.15, 0.2) is 0 Å². The minimum Gasteiger partial charge on any atom is -0.478 e. The van der Waals surface area contributed by atoms with Crippen LogP contribution in [0.1, 0.15) is 17.3 Å². The Bertz CT molecular complexity index is 730. The minimum atomic E-state index is -0.963. The lowest BCUT2D eigenvalue weighted by Gasteiger charge is -2.04. The molecule has 1 heterocycles. The number of hydrogen-bond acceptors (Lipinski definition) is 2. The first-order valence-electron chi connectivity index (χ1n) is 5.67. The average Bonchev–Trinajstić information content (AvgIpc) is 2.83. The zero-order valence-corrected chi connectivity index (χ0v) is 10.4. The Morgan fingerprint density at radius 1 is 1.53 bits per heavy atom. The highest BCUT2D eigenvalue weighted by molar-refractivity contribution is 5.93. The fourth-order valence-electron chi connectivity index (χ4n) is 1.80. The van der Waals surface area contributed by atoms with Gasteiger partial charge in [0, 0.05) is 5.70 Å². The van der Waals surface area contributed by atoms with Crippen molar-refractivity contribution < 1.29 is 9.90 Å². The standard InChI is InChI=1S/C15H12N2O2/c1-3-5-6-12(4-2)17-10-16-13-9-11(15(18)19)7-8-14(13)17/h1,4-10H,2H3,(H,18,19)/b6-5-,12-4+. The molecule has 0 aliphatic heterocycles. The molecule has 19 heavy (non-hydrogen) atoms. The van der Waals surface area contributed by atoms with E-state index in [4.69, 9.17) is 11.5 Å². The highest BCUT2D eigenvalue weighted by Crippen LogP contribution is 2.19. The second-order valence-electron chi connectivity index (χ2n) is 3.84. The molecular weight excluding hydrogens is 240 g/mol. The molecule has 0 saturated carbocycles. The van der Waals surface area contributed by atoms with Crippen molar-refractivity contribution in [1.82, 2.24) is 9.55 Å². The molecule has 0 aliphatic rings. The molecular formula is C15H12N2O2. The number of rotatable bonds is 3. The van der Waals surface area contributed by atoms with Crippen LogP contribution in [0.3, 0.4) is 0 Å². The van der Waals surface area contributed by atoms with Gasteiger partial charge in [-0.25, -0.2) is 9.78 Å². The van der Waals surface area contributed by atoms with E-state index in [9.17, 15) is 4.79 Å². The predicted octanol–water partition coefficient (Wildman–Crippen LogP) is 2.78. The number of nitrogens with zero attached hydrogens (tertiary/aromatic N) is 2. The summed E-state index contributed by atoms with van der Waals surface area (Å²) in [5.74, 6) is 1.47. The first kappa shape index (κ1) is 12.7. The van der Waals surface area contributed by atoms with Gasteiger partial charge in [0.25, 0.3) is 0 Å². The van der Waals surface area contributed by atoms with Crippen LogP contribution in [-0.4, -0.2) is 20.6 Å². The van der Waals surface area contributed by atoms with E-state index >= 15 is 0 Å². The first-order chi connectivity index (χ1) is 9.17. The molecule has 0 unspecified atom stereocenters. The van der Waals surface area contributed by atoms with E-state index in [0.29, 0.717) is 5.52 Å². The Kier molecular flexibility index (Phi) is 3.48. The molecule has 2 rings (SSSR count). The predicted molar refractivity (Wildman–Crippen MR) is 74.6 cm³/mol. The van der Waals surface area contributed by atoms with Crippen LogP contribution in [0.5, 0.6) is 0 Å². The monoisotopic (exact) mass is 252 g/mol. The number of aromatic carboxylic acids is 1. The van der Waals surface area contributed by atoms with Crippen molar-refractivity contribution in [2.75, 3.05) is 0 Å². The summed E-state index contributed by atoms with van der Waals surface area (Å²) in [4.78, 5) is 15.1. The number of terminal acetylenes is 1. The maximum absolute atomic E-state index is 10.9. The molecule has 0 amide bonds. The molecule has 4 heteroatoms. The average molecular weight is 252 g/mol. The molecule has 94 valence electrons. The van der Waals surface area contributed by atoms with Gasteiger partial charge in [-0.2, -0.15) is 0 Å². The largest absolute Gasteiger partial charge is 0.478 e. The number of imidazole rings is 1. The summed E-state index contributed by atoms with van der Waals surface area (Å²) >= 11 is 0. The Labute approximate surface area is 110 Å². The van der Waals surface area contributed by atoms with Crippen LogP contribution in [0.25, 0.3) is 16.7 Å². The van der Waals surface area contributed by atoms with E-state index in [0.717, 1.165) is 11.2 Å². The van der Waals surface area contributed by atoms with Crippen LogP contribution in [0.4, 0.5) is 0 Å². The molecule has 0 fully saturated rings. The molecule has 4 nitrogen and oxygen atoms in total. The number of carboxylic acid groups (broad SMARTS) is 1. The molecule has 0 aliphatic carbocycles. The normalized spacial score (nSPS) is 11.9. The SMILES string of the molecule is C#C/C=C\C(=C/C)n1cnc2cc(C(=O)O)ccc21. The summed E-state index contributed by atoms with van der Waals surface area (Å²) in [6.45, 7) is 1.90. The number of fused-ring (bicyclic) bond motifs is 1. The molecule has 0 atom stereocenters. The minimum absolute atomic E-state index is 0.221. The van der Waals surface area contributed by atoms with Crippen molar-refractivity contribution in [3.05, 3.63) is 48.3 Å².